The van der Waals surface area contributed by atoms with E-state index in [-0.39, 0.29) is 5.75 Å². The molecule has 0 saturated heterocycles. The fraction of sp³-hybridized carbons (Fsp3) is 0.143. The molecule has 0 saturated carbocycles. The fourth-order valence-corrected chi connectivity index (χ4v) is 1.56. The Bertz CT molecular complexity index is 547. The Labute approximate surface area is 108 Å². The van der Waals surface area contributed by atoms with E-state index in [2.05, 4.69) is 0 Å². The van der Waals surface area contributed by atoms with Gasteiger partial charge in [0.05, 0.1) is 12.7 Å². The van der Waals surface area contributed by atoms with E-state index in [1.165, 1.54) is 25.3 Å². The molecule has 0 fully saturated rings. The molecule has 2 aromatic carbocycles. The van der Waals surface area contributed by atoms with Crippen molar-refractivity contribution in [3.8, 4) is 17.2 Å². The molecule has 0 atom stereocenters. The van der Waals surface area contributed by atoms with E-state index < -0.39 is 11.7 Å². The molecule has 2 rings (SSSR count). The number of ether oxygens (including phenoxy) is 2. The van der Waals surface area contributed by atoms with E-state index >= 15 is 0 Å². The van der Waals surface area contributed by atoms with Crippen molar-refractivity contribution in [3.05, 3.63) is 54.1 Å². The van der Waals surface area contributed by atoms with Gasteiger partial charge in [0, 0.05) is 0 Å². The number of methoxy groups -OCH3 is 1. The van der Waals surface area contributed by atoms with Gasteiger partial charge in [-0.2, -0.15) is 13.2 Å². The van der Waals surface area contributed by atoms with Gasteiger partial charge in [-0.25, -0.2) is 0 Å². The monoisotopic (exact) mass is 268 g/mol. The number of benzene rings is 2. The fourth-order valence-electron chi connectivity index (χ4n) is 1.56. The maximum atomic E-state index is 12.8. The Morgan fingerprint density at radius 1 is 0.842 bits per heavy atom. The Morgan fingerprint density at radius 2 is 1.42 bits per heavy atom. The summed E-state index contributed by atoms with van der Waals surface area (Å²) in [4.78, 5) is 0. The van der Waals surface area contributed by atoms with E-state index in [0.29, 0.717) is 11.5 Å². The van der Waals surface area contributed by atoms with Crippen LogP contribution in [0.5, 0.6) is 17.2 Å². The molecule has 0 aromatic heterocycles. The first-order chi connectivity index (χ1) is 9.00. The predicted octanol–water partition coefficient (Wildman–Crippen LogP) is 4.51. The van der Waals surface area contributed by atoms with Crippen molar-refractivity contribution in [3.63, 3.8) is 0 Å². The molecule has 0 aliphatic carbocycles. The lowest BCUT2D eigenvalue weighted by Gasteiger charge is -2.13. The first-order valence-corrected chi connectivity index (χ1v) is 5.49. The van der Waals surface area contributed by atoms with Crippen molar-refractivity contribution in [1.82, 2.24) is 0 Å². The number of alkyl halides is 3. The molecule has 0 aliphatic heterocycles. The first kappa shape index (κ1) is 13.3. The molecule has 0 radical (unpaired) electrons. The van der Waals surface area contributed by atoms with E-state index in [1.807, 2.05) is 0 Å². The average molecular weight is 268 g/mol. The summed E-state index contributed by atoms with van der Waals surface area (Å²) < 4.78 is 48.5. The van der Waals surface area contributed by atoms with Gasteiger partial charge in [-0.3, -0.25) is 0 Å². The van der Waals surface area contributed by atoms with Crippen LogP contribution in [-0.4, -0.2) is 7.11 Å². The molecule has 19 heavy (non-hydrogen) atoms. The largest absolute Gasteiger partial charge is 0.497 e. The van der Waals surface area contributed by atoms with Crippen molar-refractivity contribution in [2.24, 2.45) is 0 Å². The minimum atomic E-state index is -4.44. The third-order valence-corrected chi connectivity index (χ3v) is 2.48. The molecule has 0 spiro atoms. The number of hydrogen-bond acceptors (Lipinski definition) is 2. The van der Waals surface area contributed by atoms with Crippen LogP contribution in [0.3, 0.4) is 0 Å². The van der Waals surface area contributed by atoms with E-state index in [9.17, 15) is 13.2 Å². The molecular formula is C14H11F3O2. The number of hydrogen-bond donors (Lipinski definition) is 0. The summed E-state index contributed by atoms with van der Waals surface area (Å²) >= 11 is 0. The summed E-state index contributed by atoms with van der Waals surface area (Å²) in [5, 5.41) is 0. The summed E-state index contributed by atoms with van der Waals surface area (Å²) in [6.45, 7) is 0. The minimum absolute atomic E-state index is 0.222. The van der Waals surface area contributed by atoms with Crippen LogP contribution >= 0.6 is 0 Å². The molecule has 0 amide bonds. The van der Waals surface area contributed by atoms with Gasteiger partial charge in [0.2, 0.25) is 0 Å². The molecule has 2 nitrogen and oxygen atoms in total. The lowest BCUT2D eigenvalue weighted by atomic mass is 10.2. The summed E-state index contributed by atoms with van der Waals surface area (Å²) in [6.07, 6.45) is -4.44. The molecule has 0 N–H and O–H groups in total. The van der Waals surface area contributed by atoms with Gasteiger partial charge in [-0.05, 0) is 36.4 Å². The molecule has 0 aliphatic rings. The SMILES string of the molecule is COc1ccc(Oc2ccccc2C(F)(F)F)cc1. The summed E-state index contributed by atoms with van der Waals surface area (Å²) in [5.74, 6) is 0.703. The average Bonchev–Trinajstić information content (AvgIpc) is 2.39. The van der Waals surface area contributed by atoms with Crippen molar-refractivity contribution < 1.29 is 22.6 Å². The Balaban J connectivity index is 2.28. The first-order valence-electron chi connectivity index (χ1n) is 5.49. The van der Waals surface area contributed by atoms with Crippen LogP contribution in [0.25, 0.3) is 0 Å². The van der Waals surface area contributed by atoms with E-state index in [1.54, 1.807) is 24.3 Å². The highest BCUT2D eigenvalue weighted by Crippen LogP contribution is 2.37. The zero-order chi connectivity index (χ0) is 13.9. The number of para-hydroxylation sites is 1. The smallest absolute Gasteiger partial charge is 0.419 e. The number of halogens is 3. The van der Waals surface area contributed by atoms with Crippen LogP contribution in [0.2, 0.25) is 0 Å². The maximum Gasteiger partial charge on any atom is 0.419 e. The van der Waals surface area contributed by atoms with Crippen molar-refractivity contribution in [2.45, 2.75) is 6.18 Å². The minimum Gasteiger partial charge on any atom is -0.497 e. The molecule has 100 valence electrons. The number of rotatable bonds is 3. The second kappa shape index (κ2) is 5.22. The normalized spacial score (nSPS) is 11.2. The highest BCUT2D eigenvalue weighted by Gasteiger charge is 2.34. The van der Waals surface area contributed by atoms with Gasteiger partial charge < -0.3 is 9.47 Å². The molecule has 2 aromatic rings. The third-order valence-electron chi connectivity index (χ3n) is 2.48. The zero-order valence-electron chi connectivity index (χ0n) is 10.1. The molecule has 5 heteroatoms. The van der Waals surface area contributed by atoms with Gasteiger partial charge in [0.15, 0.2) is 0 Å². The van der Waals surface area contributed by atoms with Crippen molar-refractivity contribution in [1.29, 1.82) is 0 Å². The van der Waals surface area contributed by atoms with Crippen LogP contribution in [0.1, 0.15) is 5.56 Å². The van der Waals surface area contributed by atoms with E-state index in [4.69, 9.17) is 9.47 Å². The second-order valence-corrected chi connectivity index (χ2v) is 3.77. The Kier molecular flexibility index (Phi) is 3.64. The summed E-state index contributed by atoms with van der Waals surface area (Å²) in [7, 11) is 1.51. The summed E-state index contributed by atoms with van der Waals surface area (Å²) in [5.41, 5.74) is -0.800. The van der Waals surface area contributed by atoms with Gasteiger partial charge in [0.1, 0.15) is 17.2 Å². The van der Waals surface area contributed by atoms with Gasteiger partial charge in [-0.1, -0.05) is 12.1 Å². The van der Waals surface area contributed by atoms with Crippen LogP contribution in [0, 0.1) is 0 Å². The van der Waals surface area contributed by atoms with Crippen molar-refractivity contribution >= 4 is 0 Å². The van der Waals surface area contributed by atoms with E-state index in [0.717, 1.165) is 6.07 Å². The maximum absolute atomic E-state index is 12.8. The lowest BCUT2D eigenvalue weighted by molar-refractivity contribution is -0.138. The highest BCUT2D eigenvalue weighted by atomic mass is 19.4. The van der Waals surface area contributed by atoms with Crippen molar-refractivity contribution in [2.75, 3.05) is 7.11 Å². The Morgan fingerprint density at radius 3 is 2.00 bits per heavy atom. The predicted molar refractivity (Wildman–Crippen MR) is 64.5 cm³/mol. The molecule has 0 heterocycles. The second-order valence-electron chi connectivity index (χ2n) is 3.77. The van der Waals surface area contributed by atoms with Gasteiger partial charge >= 0.3 is 6.18 Å². The standard InChI is InChI=1S/C14H11F3O2/c1-18-10-6-8-11(9-7-10)19-13-5-3-2-4-12(13)14(15,16)17/h2-9H,1H3. The zero-order valence-corrected chi connectivity index (χ0v) is 10.1. The molecule has 0 unspecified atom stereocenters. The van der Waals surface area contributed by atoms with Crippen LogP contribution in [0.4, 0.5) is 13.2 Å². The van der Waals surface area contributed by atoms with Gasteiger partial charge in [0.25, 0.3) is 0 Å². The molecule has 0 bridgehead atoms. The van der Waals surface area contributed by atoms with Gasteiger partial charge in [-0.15, -0.1) is 0 Å². The highest BCUT2D eigenvalue weighted by molar-refractivity contribution is 5.40. The van der Waals surface area contributed by atoms with Crippen LogP contribution < -0.4 is 9.47 Å². The van der Waals surface area contributed by atoms with Crippen LogP contribution in [0.15, 0.2) is 48.5 Å². The lowest BCUT2D eigenvalue weighted by Crippen LogP contribution is -2.06. The Hall–Kier alpha value is -2.17. The summed E-state index contributed by atoms with van der Waals surface area (Å²) in [6, 6.07) is 11.4. The third kappa shape index (κ3) is 3.19. The van der Waals surface area contributed by atoms with Crippen LogP contribution in [-0.2, 0) is 6.18 Å². The topological polar surface area (TPSA) is 18.5 Å². The quantitative estimate of drug-likeness (QED) is 0.815. The molecular weight excluding hydrogens is 257 g/mol.